The molecule has 0 fully saturated rings. The summed E-state index contributed by atoms with van der Waals surface area (Å²) < 4.78 is 5.57. The van der Waals surface area contributed by atoms with E-state index in [0.29, 0.717) is 19.6 Å². The predicted octanol–water partition coefficient (Wildman–Crippen LogP) is 4.16. The monoisotopic (exact) mass is 388 g/mol. The zero-order valence-electron chi connectivity index (χ0n) is 15.3. The molecule has 5 nitrogen and oxygen atoms in total. The van der Waals surface area contributed by atoms with E-state index in [4.69, 9.17) is 4.74 Å². The highest BCUT2D eigenvalue weighted by atomic mass is 35.5. The molecule has 0 saturated carbocycles. The van der Waals surface area contributed by atoms with Crippen LogP contribution in [0.2, 0.25) is 0 Å². The maximum atomic E-state index is 11.7. The van der Waals surface area contributed by atoms with Crippen LogP contribution in [0, 0.1) is 0 Å². The van der Waals surface area contributed by atoms with Crippen LogP contribution >= 0.6 is 12.4 Å². The van der Waals surface area contributed by atoms with Crippen LogP contribution in [-0.2, 0) is 17.8 Å². The largest absolute Gasteiger partial charge is 0.494 e. The fourth-order valence-corrected chi connectivity index (χ4v) is 2.93. The van der Waals surface area contributed by atoms with Gasteiger partial charge in [-0.2, -0.15) is 0 Å². The molecule has 2 aromatic carbocycles. The van der Waals surface area contributed by atoms with Gasteiger partial charge in [0, 0.05) is 30.1 Å². The first-order valence-electron chi connectivity index (χ1n) is 8.90. The fourth-order valence-electron chi connectivity index (χ4n) is 2.93. The van der Waals surface area contributed by atoms with E-state index in [0.717, 1.165) is 34.2 Å². The van der Waals surface area contributed by atoms with E-state index in [9.17, 15) is 9.90 Å². The van der Waals surface area contributed by atoms with Gasteiger partial charge in [0.2, 0.25) is 0 Å². The molecule has 0 aliphatic carbocycles. The third-order valence-electron chi connectivity index (χ3n) is 4.35. The number of aliphatic carboxylic acids is 1. The molecule has 0 aliphatic rings. The van der Waals surface area contributed by atoms with Crippen LogP contribution in [0.3, 0.4) is 0 Å². The number of H-pyrrole nitrogens is 1. The van der Waals surface area contributed by atoms with E-state index >= 15 is 0 Å². The van der Waals surface area contributed by atoms with Crippen molar-refractivity contribution in [2.24, 2.45) is 0 Å². The van der Waals surface area contributed by atoms with Crippen LogP contribution in [0.1, 0.15) is 24.5 Å². The van der Waals surface area contributed by atoms with Crippen LogP contribution in [0.15, 0.2) is 54.7 Å². The SMILES string of the molecule is CCCOc1ccc(CNC(Cc2c[nH]c3ccccc23)C(=O)O)cc1.Cl. The van der Waals surface area contributed by atoms with Crippen molar-refractivity contribution in [2.75, 3.05) is 6.61 Å². The van der Waals surface area contributed by atoms with E-state index in [-0.39, 0.29) is 12.4 Å². The Hall–Kier alpha value is -2.50. The van der Waals surface area contributed by atoms with Gasteiger partial charge in [-0.05, 0) is 35.7 Å². The minimum Gasteiger partial charge on any atom is -0.494 e. The highest BCUT2D eigenvalue weighted by Crippen LogP contribution is 2.19. The summed E-state index contributed by atoms with van der Waals surface area (Å²) in [6.45, 7) is 3.26. The predicted molar refractivity (Wildman–Crippen MR) is 110 cm³/mol. The summed E-state index contributed by atoms with van der Waals surface area (Å²) in [6, 6.07) is 15.0. The van der Waals surface area contributed by atoms with Crippen molar-refractivity contribution in [3.63, 3.8) is 0 Å². The van der Waals surface area contributed by atoms with Gasteiger partial charge in [0.1, 0.15) is 11.8 Å². The summed E-state index contributed by atoms with van der Waals surface area (Å²) in [5.41, 5.74) is 3.05. The van der Waals surface area contributed by atoms with Gasteiger partial charge in [0.05, 0.1) is 6.61 Å². The molecule has 27 heavy (non-hydrogen) atoms. The molecule has 3 aromatic rings. The molecule has 1 heterocycles. The molecule has 0 spiro atoms. The number of ether oxygens (including phenoxy) is 1. The lowest BCUT2D eigenvalue weighted by molar-refractivity contribution is -0.139. The second-order valence-electron chi connectivity index (χ2n) is 6.33. The smallest absolute Gasteiger partial charge is 0.321 e. The topological polar surface area (TPSA) is 74.3 Å². The number of carboxylic acids is 1. The van der Waals surface area contributed by atoms with E-state index in [1.165, 1.54) is 0 Å². The summed E-state index contributed by atoms with van der Waals surface area (Å²) in [4.78, 5) is 14.9. The first-order chi connectivity index (χ1) is 12.7. The molecule has 1 atom stereocenters. The lowest BCUT2D eigenvalue weighted by Crippen LogP contribution is -2.38. The number of aromatic amines is 1. The van der Waals surface area contributed by atoms with Crippen molar-refractivity contribution in [2.45, 2.75) is 32.4 Å². The average Bonchev–Trinajstić information content (AvgIpc) is 3.07. The van der Waals surface area contributed by atoms with Crippen molar-refractivity contribution in [3.8, 4) is 5.75 Å². The maximum absolute atomic E-state index is 11.7. The van der Waals surface area contributed by atoms with Gasteiger partial charge in [0.25, 0.3) is 0 Å². The Morgan fingerprint density at radius 1 is 1.19 bits per heavy atom. The maximum Gasteiger partial charge on any atom is 0.321 e. The number of para-hydroxylation sites is 1. The molecular formula is C21H25ClN2O3. The average molecular weight is 389 g/mol. The van der Waals surface area contributed by atoms with Crippen molar-refractivity contribution in [3.05, 3.63) is 65.9 Å². The highest BCUT2D eigenvalue weighted by Gasteiger charge is 2.19. The summed E-state index contributed by atoms with van der Waals surface area (Å²) in [5, 5.41) is 13.8. The van der Waals surface area contributed by atoms with Crippen LogP contribution in [0.5, 0.6) is 5.75 Å². The van der Waals surface area contributed by atoms with E-state index < -0.39 is 12.0 Å². The Kier molecular flexibility index (Phi) is 7.70. The summed E-state index contributed by atoms with van der Waals surface area (Å²) in [7, 11) is 0. The zero-order chi connectivity index (χ0) is 18.4. The standard InChI is InChI=1S/C21H24N2O3.ClH/c1-2-11-26-17-9-7-15(8-10-17)13-22-20(21(24)25)12-16-14-23-19-6-4-3-5-18(16)19;/h3-10,14,20,22-23H,2,11-13H2,1H3,(H,24,25);1H. The first kappa shape index (κ1) is 20.8. The van der Waals surface area contributed by atoms with E-state index in [2.05, 4.69) is 17.2 Å². The normalized spacial score (nSPS) is 11.7. The zero-order valence-corrected chi connectivity index (χ0v) is 16.1. The number of hydrogen-bond donors (Lipinski definition) is 3. The van der Waals surface area contributed by atoms with Crippen LogP contribution < -0.4 is 10.1 Å². The molecule has 0 aliphatic heterocycles. The second-order valence-corrected chi connectivity index (χ2v) is 6.33. The number of benzene rings is 2. The van der Waals surface area contributed by atoms with Crippen LogP contribution in [0.4, 0.5) is 0 Å². The van der Waals surface area contributed by atoms with Gasteiger partial charge in [-0.25, -0.2) is 0 Å². The molecule has 0 bridgehead atoms. The Morgan fingerprint density at radius 2 is 1.93 bits per heavy atom. The van der Waals surface area contributed by atoms with E-state index in [1.807, 2.05) is 54.7 Å². The molecule has 3 N–H and O–H groups in total. The number of rotatable bonds is 9. The third kappa shape index (κ3) is 5.49. The molecule has 1 aromatic heterocycles. The number of halogens is 1. The van der Waals surface area contributed by atoms with Gasteiger partial charge in [0.15, 0.2) is 0 Å². The quantitative estimate of drug-likeness (QED) is 0.514. The Labute approximate surface area is 165 Å². The van der Waals surface area contributed by atoms with Gasteiger partial charge in [-0.3, -0.25) is 4.79 Å². The Balaban J connectivity index is 0.00000261. The molecule has 6 heteroatoms. The molecule has 0 radical (unpaired) electrons. The van der Waals surface area contributed by atoms with Crippen molar-refractivity contribution >= 4 is 29.3 Å². The minimum atomic E-state index is -0.849. The highest BCUT2D eigenvalue weighted by molar-refractivity contribution is 5.85. The first-order valence-corrected chi connectivity index (χ1v) is 8.90. The second kappa shape index (κ2) is 10.00. The van der Waals surface area contributed by atoms with Crippen LogP contribution in [-0.4, -0.2) is 28.7 Å². The number of fused-ring (bicyclic) bond motifs is 1. The van der Waals surface area contributed by atoms with Crippen molar-refractivity contribution in [1.29, 1.82) is 0 Å². The van der Waals surface area contributed by atoms with Crippen LogP contribution in [0.25, 0.3) is 10.9 Å². The lowest BCUT2D eigenvalue weighted by atomic mass is 10.0. The molecule has 0 amide bonds. The molecule has 1 unspecified atom stereocenters. The Bertz CT molecular complexity index is 861. The number of carboxylic acid groups (broad SMARTS) is 1. The third-order valence-corrected chi connectivity index (χ3v) is 4.35. The number of carbonyl (C=O) groups is 1. The number of aromatic nitrogens is 1. The van der Waals surface area contributed by atoms with Gasteiger partial charge < -0.3 is 20.1 Å². The van der Waals surface area contributed by atoms with Crippen molar-refractivity contribution in [1.82, 2.24) is 10.3 Å². The minimum absolute atomic E-state index is 0. The number of nitrogens with one attached hydrogen (secondary N) is 2. The van der Waals surface area contributed by atoms with Gasteiger partial charge in [-0.15, -0.1) is 12.4 Å². The molecular weight excluding hydrogens is 364 g/mol. The van der Waals surface area contributed by atoms with Gasteiger partial charge in [-0.1, -0.05) is 37.3 Å². The van der Waals surface area contributed by atoms with Crippen molar-refractivity contribution < 1.29 is 14.6 Å². The Morgan fingerprint density at radius 3 is 2.63 bits per heavy atom. The summed E-state index contributed by atoms with van der Waals surface area (Å²) >= 11 is 0. The summed E-state index contributed by atoms with van der Waals surface area (Å²) in [5.74, 6) is -0.0117. The summed E-state index contributed by atoms with van der Waals surface area (Å²) in [6.07, 6.45) is 3.29. The lowest BCUT2D eigenvalue weighted by Gasteiger charge is -2.14. The fraction of sp³-hybridized carbons (Fsp3) is 0.286. The van der Waals surface area contributed by atoms with Gasteiger partial charge >= 0.3 is 5.97 Å². The molecule has 144 valence electrons. The number of hydrogen-bond acceptors (Lipinski definition) is 3. The molecule has 3 rings (SSSR count). The van der Waals surface area contributed by atoms with E-state index in [1.54, 1.807) is 0 Å². The molecule has 0 saturated heterocycles.